The van der Waals surface area contributed by atoms with E-state index in [1.807, 2.05) is 12.3 Å². The van der Waals surface area contributed by atoms with Crippen molar-refractivity contribution in [3.8, 4) is 0 Å². The number of likely N-dealkylation sites (tertiary alicyclic amines) is 1. The Bertz CT molecular complexity index is 606. The molecule has 1 aromatic heterocycles. The van der Waals surface area contributed by atoms with Crippen molar-refractivity contribution in [1.82, 2.24) is 15.2 Å². The normalized spacial score (nSPS) is 21.1. The third-order valence-corrected chi connectivity index (χ3v) is 4.95. The number of thiazole rings is 1. The first kappa shape index (κ1) is 18.5. The minimum absolute atomic E-state index is 0.233. The number of aromatic nitrogens is 1. The molecule has 134 valence electrons. The number of nitrogens with one attached hydrogen (secondary N) is 1. The van der Waals surface area contributed by atoms with Crippen LogP contribution in [0.25, 0.3) is 0 Å². The lowest BCUT2D eigenvalue weighted by molar-refractivity contribution is -0.187. The number of nitrogens with zero attached hydrogens (tertiary/aromatic N) is 2. The van der Waals surface area contributed by atoms with Crippen molar-refractivity contribution in [3.63, 3.8) is 0 Å². The van der Waals surface area contributed by atoms with Crippen LogP contribution in [0.4, 0.5) is 18.0 Å². The van der Waals surface area contributed by atoms with E-state index in [9.17, 15) is 22.8 Å². The molecule has 2 heterocycles. The molecular formula is C14H18F3N3O3S. The fourth-order valence-corrected chi connectivity index (χ4v) is 3.37. The highest BCUT2D eigenvalue weighted by molar-refractivity contribution is 7.09. The van der Waals surface area contributed by atoms with Crippen LogP contribution in [0.5, 0.6) is 0 Å². The first-order valence-electron chi connectivity index (χ1n) is 7.48. The number of aliphatic carboxylic acids is 1. The molecule has 2 amide bonds. The molecule has 0 aliphatic carbocycles. The molecule has 2 atom stereocenters. The Labute approximate surface area is 140 Å². The number of halogens is 3. The summed E-state index contributed by atoms with van der Waals surface area (Å²) in [5.74, 6) is -5.20. The summed E-state index contributed by atoms with van der Waals surface area (Å²) < 4.78 is 38.7. The van der Waals surface area contributed by atoms with Crippen LogP contribution in [-0.2, 0) is 17.6 Å². The molecule has 1 fully saturated rings. The number of carbonyl (C=O) groups excluding carboxylic acids is 1. The number of aryl methyl sites for hydroxylation is 1. The molecule has 1 aliphatic heterocycles. The van der Waals surface area contributed by atoms with Crippen LogP contribution in [0.3, 0.4) is 0 Å². The van der Waals surface area contributed by atoms with Crippen LogP contribution < -0.4 is 5.32 Å². The maximum atomic E-state index is 12.9. The first-order valence-corrected chi connectivity index (χ1v) is 8.36. The standard InChI is InChI=1S/C14H18F3N3O3S/c1-2-11-19-8(7-24-11)3-4-18-13(23)20-5-9(12(21)22)10(6-20)14(15,16)17/h7,9-10H,2-6H2,1H3,(H,18,23)(H,21,22)/t9-,10-/m1/s1. The average molecular weight is 365 g/mol. The van der Waals surface area contributed by atoms with Gasteiger partial charge in [0.25, 0.3) is 0 Å². The number of hydrogen-bond donors (Lipinski definition) is 2. The van der Waals surface area contributed by atoms with Crippen molar-refractivity contribution in [3.05, 3.63) is 16.1 Å². The van der Waals surface area contributed by atoms with Crippen molar-refractivity contribution in [2.24, 2.45) is 11.8 Å². The second-order valence-electron chi connectivity index (χ2n) is 5.57. The van der Waals surface area contributed by atoms with E-state index in [1.54, 1.807) is 0 Å². The molecule has 0 aromatic carbocycles. The van der Waals surface area contributed by atoms with E-state index in [2.05, 4.69) is 10.3 Å². The minimum atomic E-state index is -4.64. The largest absolute Gasteiger partial charge is 0.481 e. The number of alkyl halides is 3. The molecule has 10 heteroatoms. The molecule has 0 unspecified atom stereocenters. The molecule has 2 rings (SSSR count). The summed E-state index contributed by atoms with van der Waals surface area (Å²) in [7, 11) is 0. The van der Waals surface area contributed by atoms with Gasteiger partial charge in [0.05, 0.1) is 22.5 Å². The monoisotopic (exact) mass is 365 g/mol. The van der Waals surface area contributed by atoms with Crippen LogP contribution in [0.1, 0.15) is 17.6 Å². The van der Waals surface area contributed by atoms with Gasteiger partial charge in [-0.2, -0.15) is 13.2 Å². The lowest BCUT2D eigenvalue weighted by Crippen LogP contribution is -2.40. The molecule has 24 heavy (non-hydrogen) atoms. The molecule has 1 saturated heterocycles. The number of carboxylic acid groups (broad SMARTS) is 1. The summed E-state index contributed by atoms with van der Waals surface area (Å²) in [6.07, 6.45) is -3.35. The Kier molecular flexibility index (Phi) is 5.68. The average Bonchev–Trinajstić information content (AvgIpc) is 3.13. The molecule has 2 N–H and O–H groups in total. The summed E-state index contributed by atoms with van der Waals surface area (Å²) >= 11 is 1.52. The minimum Gasteiger partial charge on any atom is -0.481 e. The number of urea groups is 1. The van der Waals surface area contributed by atoms with E-state index < -0.39 is 43.1 Å². The fourth-order valence-electron chi connectivity index (χ4n) is 2.59. The van der Waals surface area contributed by atoms with E-state index in [-0.39, 0.29) is 6.54 Å². The molecule has 1 aromatic rings. The maximum absolute atomic E-state index is 12.9. The predicted molar refractivity (Wildman–Crippen MR) is 80.8 cm³/mol. The smallest absolute Gasteiger partial charge is 0.394 e. The lowest BCUT2D eigenvalue weighted by atomic mass is 9.96. The lowest BCUT2D eigenvalue weighted by Gasteiger charge is -2.18. The highest BCUT2D eigenvalue weighted by atomic mass is 32.1. The van der Waals surface area contributed by atoms with Crippen molar-refractivity contribution < 1.29 is 27.9 Å². The number of rotatable bonds is 5. The third kappa shape index (κ3) is 4.37. The van der Waals surface area contributed by atoms with Crippen molar-refractivity contribution in [2.45, 2.75) is 25.9 Å². The highest BCUT2D eigenvalue weighted by Gasteiger charge is 2.53. The summed E-state index contributed by atoms with van der Waals surface area (Å²) in [6.45, 7) is 1.13. The summed E-state index contributed by atoms with van der Waals surface area (Å²) in [4.78, 5) is 28.2. The van der Waals surface area contributed by atoms with Gasteiger partial charge in [-0.1, -0.05) is 6.92 Å². The van der Waals surface area contributed by atoms with Crippen LogP contribution in [0.15, 0.2) is 5.38 Å². The number of carbonyl (C=O) groups is 2. The van der Waals surface area contributed by atoms with Gasteiger partial charge in [0.1, 0.15) is 0 Å². The number of carboxylic acids is 1. The van der Waals surface area contributed by atoms with Crippen LogP contribution in [-0.4, -0.2) is 52.8 Å². The Morgan fingerprint density at radius 1 is 1.46 bits per heavy atom. The zero-order chi connectivity index (χ0) is 17.9. The summed E-state index contributed by atoms with van der Waals surface area (Å²) in [6, 6.07) is -0.682. The Morgan fingerprint density at radius 3 is 2.67 bits per heavy atom. The summed E-state index contributed by atoms with van der Waals surface area (Å²) in [5, 5.41) is 14.3. The zero-order valence-electron chi connectivity index (χ0n) is 13.0. The molecule has 0 bridgehead atoms. The maximum Gasteiger partial charge on any atom is 0.394 e. The Morgan fingerprint density at radius 2 is 2.17 bits per heavy atom. The van der Waals surface area contributed by atoms with E-state index >= 15 is 0 Å². The predicted octanol–water partition coefficient (Wildman–Crippen LogP) is 2.15. The van der Waals surface area contributed by atoms with Crippen LogP contribution >= 0.6 is 11.3 Å². The van der Waals surface area contributed by atoms with Gasteiger partial charge in [-0.3, -0.25) is 4.79 Å². The quantitative estimate of drug-likeness (QED) is 0.838. The van der Waals surface area contributed by atoms with Crippen molar-refractivity contribution in [1.29, 1.82) is 0 Å². The van der Waals surface area contributed by atoms with Crippen LogP contribution in [0.2, 0.25) is 0 Å². The van der Waals surface area contributed by atoms with Gasteiger partial charge in [-0.25, -0.2) is 9.78 Å². The van der Waals surface area contributed by atoms with Gasteiger partial charge >= 0.3 is 18.2 Å². The van der Waals surface area contributed by atoms with Gasteiger partial charge < -0.3 is 15.3 Å². The highest BCUT2D eigenvalue weighted by Crippen LogP contribution is 2.37. The van der Waals surface area contributed by atoms with Crippen LogP contribution in [0, 0.1) is 11.8 Å². The Hall–Kier alpha value is -1.84. The molecular weight excluding hydrogens is 347 g/mol. The molecule has 0 spiro atoms. The van der Waals surface area contributed by atoms with E-state index in [0.717, 1.165) is 22.0 Å². The second kappa shape index (κ2) is 7.37. The SMILES string of the molecule is CCc1nc(CCNC(=O)N2C[C@@H](C(F)(F)F)[C@H](C(=O)O)C2)cs1. The van der Waals surface area contributed by atoms with Gasteiger partial charge in [0, 0.05) is 31.4 Å². The van der Waals surface area contributed by atoms with Gasteiger partial charge in [0.2, 0.25) is 0 Å². The first-order chi connectivity index (χ1) is 11.2. The Balaban J connectivity index is 1.87. The van der Waals surface area contributed by atoms with E-state index in [0.29, 0.717) is 6.42 Å². The molecule has 0 saturated carbocycles. The number of hydrogen-bond acceptors (Lipinski definition) is 4. The fraction of sp³-hybridized carbons (Fsp3) is 0.643. The van der Waals surface area contributed by atoms with E-state index in [1.165, 1.54) is 11.3 Å². The van der Waals surface area contributed by atoms with Crippen molar-refractivity contribution >= 4 is 23.3 Å². The van der Waals surface area contributed by atoms with Gasteiger partial charge in [-0.05, 0) is 6.42 Å². The topological polar surface area (TPSA) is 82.5 Å². The zero-order valence-corrected chi connectivity index (χ0v) is 13.8. The second-order valence-corrected chi connectivity index (χ2v) is 6.51. The summed E-state index contributed by atoms with van der Waals surface area (Å²) in [5.41, 5.74) is 0.815. The molecule has 0 radical (unpaired) electrons. The van der Waals surface area contributed by atoms with Crippen molar-refractivity contribution in [2.75, 3.05) is 19.6 Å². The van der Waals surface area contributed by atoms with Gasteiger partial charge in [-0.15, -0.1) is 11.3 Å². The number of amides is 2. The third-order valence-electron chi connectivity index (χ3n) is 3.90. The van der Waals surface area contributed by atoms with E-state index in [4.69, 9.17) is 5.11 Å². The molecule has 1 aliphatic rings. The van der Waals surface area contributed by atoms with Gasteiger partial charge in [0.15, 0.2) is 0 Å². The molecule has 6 nitrogen and oxygen atoms in total.